The van der Waals surface area contributed by atoms with Gasteiger partial charge in [-0.15, -0.1) is 0 Å². The van der Waals surface area contributed by atoms with Crippen molar-refractivity contribution < 1.29 is 14.3 Å². The van der Waals surface area contributed by atoms with Gasteiger partial charge in [-0.25, -0.2) is 0 Å². The first kappa shape index (κ1) is 15.1. The zero-order valence-electron chi connectivity index (χ0n) is 12.2. The Morgan fingerprint density at radius 2 is 2.15 bits per heavy atom. The molecule has 1 N–H and O–H groups in total. The van der Waals surface area contributed by atoms with E-state index in [1.807, 2.05) is 7.05 Å². The molecule has 0 bridgehead atoms. The molecule has 1 heterocycles. The Morgan fingerprint density at radius 1 is 1.45 bits per heavy atom. The van der Waals surface area contributed by atoms with Gasteiger partial charge in [0.05, 0.1) is 13.7 Å². The number of methoxy groups -OCH3 is 1. The van der Waals surface area contributed by atoms with Gasteiger partial charge < -0.3 is 14.3 Å². The molecular formula is C15H23NO4. The standard InChI is InChI=1S/C15H23NO4/c1-16(10-15(11-17)5-3-4-6-15)8-12-7-13(18)14(19-2)9-20-12/h7,9,17H,3-6,8,10-11H2,1-2H3. The summed E-state index contributed by atoms with van der Waals surface area (Å²) in [6.45, 7) is 1.60. The van der Waals surface area contributed by atoms with Crippen molar-refractivity contribution in [3.63, 3.8) is 0 Å². The molecule has 0 spiro atoms. The van der Waals surface area contributed by atoms with Gasteiger partial charge in [0.2, 0.25) is 11.2 Å². The molecule has 5 heteroatoms. The van der Waals surface area contributed by atoms with Crippen molar-refractivity contribution in [1.82, 2.24) is 4.90 Å². The lowest BCUT2D eigenvalue weighted by Gasteiger charge is -2.31. The fraction of sp³-hybridized carbons (Fsp3) is 0.667. The van der Waals surface area contributed by atoms with Crippen molar-refractivity contribution in [1.29, 1.82) is 0 Å². The minimum Gasteiger partial charge on any atom is -0.490 e. The minimum absolute atomic E-state index is 0.0154. The summed E-state index contributed by atoms with van der Waals surface area (Å²) in [6.07, 6.45) is 5.86. The van der Waals surface area contributed by atoms with Crippen LogP contribution >= 0.6 is 0 Å². The Labute approximate surface area is 119 Å². The average molecular weight is 281 g/mol. The molecule has 0 unspecified atom stereocenters. The van der Waals surface area contributed by atoms with Gasteiger partial charge >= 0.3 is 0 Å². The maximum Gasteiger partial charge on any atom is 0.227 e. The second-order valence-corrected chi connectivity index (χ2v) is 5.82. The Bertz CT molecular complexity index is 491. The zero-order chi connectivity index (χ0) is 14.6. The van der Waals surface area contributed by atoms with Crippen molar-refractivity contribution in [2.24, 2.45) is 5.41 Å². The molecule has 0 amide bonds. The van der Waals surface area contributed by atoms with Gasteiger partial charge in [-0.3, -0.25) is 9.69 Å². The summed E-state index contributed by atoms with van der Waals surface area (Å²) >= 11 is 0. The first-order chi connectivity index (χ1) is 9.58. The predicted octanol–water partition coefficient (Wildman–Crippen LogP) is 1.63. The van der Waals surface area contributed by atoms with Crippen molar-refractivity contribution in [3.8, 4) is 5.75 Å². The summed E-state index contributed by atoms with van der Waals surface area (Å²) in [5.41, 5.74) is -0.151. The van der Waals surface area contributed by atoms with E-state index in [0.717, 1.165) is 19.4 Å². The summed E-state index contributed by atoms with van der Waals surface area (Å²) in [4.78, 5) is 13.8. The topological polar surface area (TPSA) is 62.9 Å². The zero-order valence-corrected chi connectivity index (χ0v) is 12.2. The SMILES string of the molecule is COc1coc(CN(C)CC2(CO)CCCC2)cc1=O. The van der Waals surface area contributed by atoms with E-state index in [0.29, 0.717) is 12.3 Å². The lowest BCUT2D eigenvalue weighted by Crippen LogP contribution is -2.36. The summed E-state index contributed by atoms with van der Waals surface area (Å²) in [7, 11) is 3.43. The first-order valence-corrected chi connectivity index (χ1v) is 7.04. The second kappa shape index (κ2) is 6.41. The van der Waals surface area contributed by atoms with Gasteiger partial charge in [-0.1, -0.05) is 12.8 Å². The number of aliphatic hydroxyl groups excluding tert-OH is 1. The van der Waals surface area contributed by atoms with Gasteiger partial charge in [0.15, 0.2) is 0 Å². The number of ether oxygens (including phenoxy) is 1. The van der Waals surface area contributed by atoms with Crippen LogP contribution in [0.4, 0.5) is 0 Å². The van der Waals surface area contributed by atoms with E-state index in [2.05, 4.69) is 4.90 Å². The van der Waals surface area contributed by atoms with Crippen molar-refractivity contribution >= 4 is 0 Å². The average Bonchev–Trinajstić information content (AvgIpc) is 2.88. The van der Waals surface area contributed by atoms with Gasteiger partial charge in [0, 0.05) is 24.6 Å². The van der Waals surface area contributed by atoms with E-state index in [9.17, 15) is 9.90 Å². The van der Waals surface area contributed by atoms with Crippen LogP contribution in [0.5, 0.6) is 5.75 Å². The molecule has 2 rings (SSSR count). The van der Waals surface area contributed by atoms with Crippen LogP contribution in [0.3, 0.4) is 0 Å². The fourth-order valence-electron chi connectivity index (χ4n) is 3.06. The quantitative estimate of drug-likeness (QED) is 0.858. The molecule has 1 aliphatic carbocycles. The number of aliphatic hydroxyl groups is 1. The normalized spacial score (nSPS) is 17.6. The third kappa shape index (κ3) is 3.41. The van der Waals surface area contributed by atoms with E-state index >= 15 is 0 Å². The number of rotatable bonds is 6. The molecule has 112 valence electrons. The van der Waals surface area contributed by atoms with Crippen molar-refractivity contribution in [3.05, 3.63) is 28.3 Å². The van der Waals surface area contributed by atoms with E-state index in [1.54, 1.807) is 0 Å². The van der Waals surface area contributed by atoms with E-state index < -0.39 is 0 Å². The second-order valence-electron chi connectivity index (χ2n) is 5.82. The van der Waals surface area contributed by atoms with Crippen LogP contribution in [0, 0.1) is 5.41 Å². The van der Waals surface area contributed by atoms with Crippen LogP contribution in [0.25, 0.3) is 0 Å². The largest absolute Gasteiger partial charge is 0.490 e. The van der Waals surface area contributed by atoms with Crippen LogP contribution < -0.4 is 10.2 Å². The summed E-state index contributed by atoms with van der Waals surface area (Å²) in [5, 5.41) is 9.63. The molecule has 1 aromatic heterocycles. The van der Waals surface area contributed by atoms with Crippen molar-refractivity contribution in [2.75, 3.05) is 27.3 Å². The molecule has 5 nitrogen and oxygen atoms in total. The molecule has 1 aliphatic rings. The summed E-state index contributed by atoms with van der Waals surface area (Å²) in [6, 6.07) is 1.47. The molecule has 1 saturated carbocycles. The smallest absolute Gasteiger partial charge is 0.227 e. The van der Waals surface area contributed by atoms with Crippen LogP contribution in [0.1, 0.15) is 31.4 Å². The van der Waals surface area contributed by atoms with Crippen LogP contribution in [-0.4, -0.2) is 37.3 Å². The van der Waals surface area contributed by atoms with E-state index in [4.69, 9.17) is 9.15 Å². The molecule has 1 fully saturated rings. The third-order valence-corrected chi connectivity index (χ3v) is 4.10. The van der Waals surface area contributed by atoms with E-state index in [-0.39, 0.29) is 23.2 Å². The Hall–Kier alpha value is -1.33. The highest BCUT2D eigenvalue weighted by molar-refractivity contribution is 5.17. The molecule has 0 aromatic carbocycles. The summed E-state index contributed by atoms with van der Waals surface area (Å²) < 4.78 is 10.3. The highest BCUT2D eigenvalue weighted by atomic mass is 16.5. The highest BCUT2D eigenvalue weighted by Crippen LogP contribution is 2.38. The van der Waals surface area contributed by atoms with Crippen LogP contribution in [0.2, 0.25) is 0 Å². The molecule has 20 heavy (non-hydrogen) atoms. The minimum atomic E-state index is -0.167. The van der Waals surface area contributed by atoms with Crippen LogP contribution in [0.15, 0.2) is 21.5 Å². The Kier molecular flexibility index (Phi) is 4.83. The molecule has 0 atom stereocenters. The lowest BCUT2D eigenvalue weighted by atomic mass is 9.87. The number of hydrogen-bond donors (Lipinski definition) is 1. The number of nitrogens with zero attached hydrogens (tertiary/aromatic N) is 1. The van der Waals surface area contributed by atoms with Gasteiger partial charge in [0.1, 0.15) is 12.0 Å². The maximum atomic E-state index is 11.7. The predicted molar refractivity (Wildman–Crippen MR) is 75.9 cm³/mol. The van der Waals surface area contributed by atoms with Gasteiger partial charge in [-0.2, -0.15) is 0 Å². The number of hydrogen-bond acceptors (Lipinski definition) is 5. The molecule has 0 aliphatic heterocycles. The van der Waals surface area contributed by atoms with Gasteiger partial charge in [-0.05, 0) is 19.9 Å². The van der Waals surface area contributed by atoms with Crippen LogP contribution in [-0.2, 0) is 6.54 Å². The Balaban J connectivity index is 1.99. The van der Waals surface area contributed by atoms with Crippen molar-refractivity contribution in [2.45, 2.75) is 32.2 Å². The van der Waals surface area contributed by atoms with E-state index in [1.165, 1.54) is 32.3 Å². The highest BCUT2D eigenvalue weighted by Gasteiger charge is 2.34. The molecule has 0 saturated heterocycles. The molecular weight excluding hydrogens is 258 g/mol. The summed E-state index contributed by atoms with van der Waals surface area (Å²) in [5.74, 6) is 0.836. The fourth-order valence-corrected chi connectivity index (χ4v) is 3.06. The molecule has 0 radical (unpaired) electrons. The third-order valence-electron chi connectivity index (χ3n) is 4.10. The van der Waals surface area contributed by atoms with Gasteiger partial charge in [0.25, 0.3) is 0 Å². The maximum absolute atomic E-state index is 11.7. The Morgan fingerprint density at radius 3 is 2.70 bits per heavy atom. The lowest BCUT2D eigenvalue weighted by molar-refractivity contribution is 0.0835. The molecule has 1 aromatic rings. The first-order valence-electron chi connectivity index (χ1n) is 7.04. The monoisotopic (exact) mass is 281 g/mol.